The number of likely N-dealkylation sites (N-methyl/N-ethyl adjacent to an activating group) is 2. The van der Waals surface area contributed by atoms with Gasteiger partial charge >= 0.3 is 0 Å². The van der Waals surface area contributed by atoms with E-state index < -0.39 is 241 Å². The average molecular weight is 1900 g/mol. The fourth-order valence-electron chi connectivity index (χ4n) is 17.5. The van der Waals surface area contributed by atoms with Crippen LogP contribution in [0, 0.1) is 5.92 Å². The Morgan fingerprint density at radius 2 is 1.07 bits per heavy atom. The molecule has 4 fully saturated rings. The summed E-state index contributed by atoms with van der Waals surface area (Å²) in [6, 6.07) is -2.89. The smallest absolute Gasteiger partial charge is 0.246 e. The summed E-state index contributed by atoms with van der Waals surface area (Å²) in [5.74, 6) is -17.4. The van der Waals surface area contributed by atoms with E-state index in [9.17, 15) is 48.9 Å². The van der Waals surface area contributed by atoms with E-state index in [-0.39, 0.29) is 108 Å². The first-order valence-corrected chi connectivity index (χ1v) is 46.8. The van der Waals surface area contributed by atoms with Gasteiger partial charge in [-0.25, -0.2) is 4.98 Å². The number of aromatic hydroxyl groups is 1. The molecule has 10 rings (SSSR count). The number of phenolic OH excluding ortho intramolecular Hbond substituents is 1. The summed E-state index contributed by atoms with van der Waals surface area (Å²) in [7, 11) is 2.71. The number of imidazole rings is 1. The van der Waals surface area contributed by atoms with Crippen LogP contribution in [0.4, 0.5) is 0 Å². The number of primary amides is 2. The second-order valence-electron chi connectivity index (χ2n) is 35.3. The molecule has 0 radical (unpaired) electrons. The summed E-state index contributed by atoms with van der Waals surface area (Å²) in [5.41, 5.74) is 26.7. The number of hydrogen-bond donors (Lipinski definition) is 20. The number of aliphatic hydroxyl groups excluding tert-OH is 2. The SMILES string of the molecule is CCCC[C@H]1C(=O)N(C)[C@@H](CCCC)C(=O)N[C@@H](CCCN)C(=O)N[C@H](C(=O)NCC(N)=O)CSCC(=O)N[C@@H](Cc2ccc(O)cc2)C(=O)N2C[C@H](N)C[C@H]2C(=O)N[C@@H](CC(N)=O)C(=O)N2CCC[C@H]2C(=O)N[C@@H](Cc2cnc[nH]2)C(=O)N[C@@H](CC(C)C)C(=O)N2C[C@H](O)C[C@H]2C(=O)N[C@@H](Cc2c[nH]c3ccccc23)C(=O)N[C@@H](CO)C(=O)N[C@@H](Cc2c[nH]c3ccccc23)C(=O)N1C. The number of hydrogen-bond acceptors (Lipinski definition) is 24. The lowest BCUT2D eigenvalue weighted by molar-refractivity contribution is -0.149. The van der Waals surface area contributed by atoms with Crippen molar-refractivity contribution in [3.63, 3.8) is 0 Å². The van der Waals surface area contributed by atoms with Crippen LogP contribution in [0.15, 0.2) is 97.7 Å². The molecule has 4 aliphatic rings. The highest BCUT2D eigenvalue weighted by Crippen LogP contribution is 2.29. The normalized spacial score (nSPS) is 25.8. The second-order valence-corrected chi connectivity index (χ2v) is 36.3. The number of H-pyrrole nitrogens is 3. The van der Waals surface area contributed by atoms with Crippen molar-refractivity contribution in [2.75, 3.05) is 64.9 Å². The number of thioether (sulfide) groups is 1. The minimum atomic E-state index is -1.88. The summed E-state index contributed by atoms with van der Waals surface area (Å²) in [5, 5.41) is 60.9. The van der Waals surface area contributed by atoms with Crippen molar-refractivity contribution in [1.82, 2.24) is 97.6 Å². The van der Waals surface area contributed by atoms with E-state index in [2.05, 4.69) is 73.1 Å². The molecule has 0 aliphatic carbocycles. The number of carbonyl (C=O) groups is 17. The topological polar surface area (TPSA) is 652 Å². The lowest BCUT2D eigenvalue weighted by Crippen LogP contribution is -2.62. The first-order chi connectivity index (χ1) is 64.5. The molecule has 43 nitrogen and oxygen atoms in total. The number of benzene rings is 3. The summed E-state index contributed by atoms with van der Waals surface area (Å²) in [6.07, 6.45) is 3.73. The molecular formula is C91H127N23O20S. The largest absolute Gasteiger partial charge is 0.508 e. The molecule has 16 atom stereocenters. The molecule has 0 bridgehead atoms. The van der Waals surface area contributed by atoms with Gasteiger partial charge in [-0.05, 0) is 105 Å². The Bertz CT molecular complexity index is 5210. The number of aliphatic hydroxyl groups is 2. The number of para-hydroxylation sites is 2. The lowest BCUT2D eigenvalue weighted by atomic mass is 10.00. The van der Waals surface area contributed by atoms with Crippen LogP contribution in [0.3, 0.4) is 0 Å². The molecule has 6 aromatic rings. The number of amides is 17. The molecule has 44 heteroatoms. The van der Waals surface area contributed by atoms with E-state index in [0.717, 1.165) is 36.3 Å². The zero-order chi connectivity index (χ0) is 98.0. The number of nitrogens with one attached hydrogen (secondary N) is 13. The molecule has 732 valence electrons. The Kier molecular flexibility index (Phi) is 37.9. The Hall–Kier alpha value is -13.1. The van der Waals surface area contributed by atoms with E-state index in [1.165, 1.54) is 50.9 Å². The Balaban J connectivity index is 1.02. The minimum absolute atomic E-state index is 0.000625. The Morgan fingerprint density at radius 1 is 0.541 bits per heavy atom. The lowest BCUT2D eigenvalue weighted by Gasteiger charge is -2.36. The highest BCUT2D eigenvalue weighted by molar-refractivity contribution is 8.00. The molecule has 4 aliphatic heterocycles. The molecule has 135 heavy (non-hydrogen) atoms. The molecule has 7 heterocycles. The van der Waals surface area contributed by atoms with E-state index in [4.69, 9.17) is 22.9 Å². The van der Waals surface area contributed by atoms with Crippen LogP contribution in [0.1, 0.15) is 140 Å². The monoisotopic (exact) mass is 1890 g/mol. The van der Waals surface area contributed by atoms with Crippen LogP contribution in [0.5, 0.6) is 5.75 Å². The number of aromatic amines is 3. The summed E-state index contributed by atoms with van der Waals surface area (Å²) in [4.78, 5) is 270. The summed E-state index contributed by atoms with van der Waals surface area (Å²) in [6.45, 7) is 4.50. The highest BCUT2D eigenvalue weighted by atomic mass is 32.2. The quantitative estimate of drug-likeness (QED) is 0.0266. The van der Waals surface area contributed by atoms with Crippen LogP contribution in [-0.4, -0.2) is 322 Å². The number of nitrogens with two attached hydrogens (primary N) is 4. The molecular weight excluding hydrogens is 1770 g/mol. The third-order valence-electron chi connectivity index (χ3n) is 24.6. The predicted molar refractivity (Wildman–Crippen MR) is 495 cm³/mol. The van der Waals surface area contributed by atoms with Crippen LogP contribution in [0.2, 0.25) is 0 Å². The number of nitrogens with zero attached hydrogens (tertiary/aromatic N) is 6. The Labute approximate surface area is 784 Å². The third-order valence-corrected chi connectivity index (χ3v) is 25.7. The van der Waals surface area contributed by atoms with Crippen molar-refractivity contribution in [2.45, 2.75) is 240 Å². The predicted octanol–water partition coefficient (Wildman–Crippen LogP) is -3.37. The molecule has 4 saturated heterocycles. The van der Waals surface area contributed by atoms with Gasteiger partial charge in [-0.3, -0.25) is 81.5 Å². The zero-order valence-electron chi connectivity index (χ0n) is 76.6. The van der Waals surface area contributed by atoms with Crippen LogP contribution < -0.4 is 76.1 Å². The van der Waals surface area contributed by atoms with Gasteiger partial charge in [-0.2, -0.15) is 0 Å². The van der Waals surface area contributed by atoms with Crippen molar-refractivity contribution < 1.29 is 96.8 Å². The van der Waals surface area contributed by atoms with Gasteiger partial charge in [0.25, 0.3) is 0 Å². The standard InChI is InChI=1S/C91H127N23O20S/c1-7-9-22-70-83(126)102-61(21-15-29-92)79(122)109-69(78(121)99-42-76(95)119)46-135-47-77(120)101-65(32-50-25-27-55(116)28-26-50)90(133)113-43-53(93)35-73(113)85(128)107-67(38-75(94)118)88(131)112-30-16-24-71(112)84(127)104-63(36-54-41-96-48-100-54)81(124)105-64(31-49(3)4)89(132)114-44-56(117)37-74(114)86(129)103-62(33-51-39-97-59-19-13-11-17-57(51)59)80(123)108-68(45-115)82(125)106-66(34-52-40-98-60-20-14-12-18-58(52)60)87(130)111(6)72(23-10-8-2)91(134)110(70)5/h11-14,17-20,25-28,39-41,48-49,53,56,61-74,97-98,115-117H,7-10,15-16,21-24,29-38,42-47,92-93H2,1-6H3,(H2,94,118)(H2,95,119)(H,96,100)(H,99,121)(H,101,120)(H,102,126)(H,103,129)(H,104,127)(H,105,124)(H,106,125)(H,107,128)(H,108,123)(H,109,122)/t53-,56-,61+,62+,63+,64+,65+,66+,67+,68+,69+,70+,71+,72+,73+,74+/m1/s1. The van der Waals surface area contributed by atoms with E-state index in [1.54, 1.807) is 74.8 Å². The van der Waals surface area contributed by atoms with Crippen LogP contribution in [-0.2, 0) is 107 Å². The van der Waals surface area contributed by atoms with Gasteiger partial charge in [0.05, 0.1) is 37.8 Å². The fourth-order valence-corrected chi connectivity index (χ4v) is 18.4. The number of unbranched alkanes of at least 4 members (excludes halogenated alkanes) is 2. The molecule has 0 unspecified atom stereocenters. The molecule has 3 aromatic carbocycles. The van der Waals surface area contributed by atoms with Gasteiger partial charge in [0, 0.05) is 124 Å². The molecule has 24 N–H and O–H groups in total. The van der Waals surface area contributed by atoms with Gasteiger partial charge < -0.3 is 131 Å². The van der Waals surface area contributed by atoms with Gasteiger partial charge in [0.15, 0.2) is 0 Å². The molecule has 0 saturated carbocycles. The molecule has 3 aromatic heterocycles. The third kappa shape index (κ3) is 28.1. The van der Waals surface area contributed by atoms with Crippen molar-refractivity contribution in [3.8, 4) is 5.75 Å². The number of aromatic nitrogens is 4. The van der Waals surface area contributed by atoms with Crippen LogP contribution in [0.25, 0.3) is 21.8 Å². The van der Waals surface area contributed by atoms with Crippen molar-refractivity contribution >= 4 is 134 Å². The maximum Gasteiger partial charge on any atom is 0.246 e. The van der Waals surface area contributed by atoms with Gasteiger partial charge in [-0.1, -0.05) is 102 Å². The fraction of sp³-hybridized carbons (Fsp3) is 0.538. The zero-order valence-corrected chi connectivity index (χ0v) is 77.4. The number of fused-ring (bicyclic) bond motifs is 5. The van der Waals surface area contributed by atoms with Gasteiger partial charge in [0.1, 0.15) is 90.3 Å². The minimum Gasteiger partial charge on any atom is -0.508 e. The number of rotatable bonds is 25. The number of carbonyl (C=O) groups excluding carboxylic acids is 17. The summed E-state index contributed by atoms with van der Waals surface area (Å²) >= 11 is 0.779. The second kappa shape index (κ2) is 49.2. The number of phenols is 1. The van der Waals surface area contributed by atoms with E-state index in [1.807, 2.05) is 13.8 Å². The van der Waals surface area contributed by atoms with Gasteiger partial charge in [-0.15, -0.1) is 11.8 Å². The van der Waals surface area contributed by atoms with Gasteiger partial charge in [0.2, 0.25) is 100 Å². The van der Waals surface area contributed by atoms with Crippen molar-refractivity contribution in [2.24, 2.45) is 28.9 Å². The average Bonchev–Trinajstić information content (AvgIpc) is 1.79. The first-order valence-electron chi connectivity index (χ1n) is 45.7. The molecule has 17 amide bonds. The highest BCUT2D eigenvalue weighted by Gasteiger charge is 2.48. The van der Waals surface area contributed by atoms with Crippen LogP contribution >= 0.6 is 11.8 Å². The summed E-state index contributed by atoms with van der Waals surface area (Å²) < 4.78 is 0. The maximum atomic E-state index is 15.7. The van der Waals surface area contributed by atoms with E-state index >= 15 is 47.9 Å². The first kappa shape index (κ1) is 104. The molecule has 0 spiro atoms. The van der Waals surface area contributed by atoms with E-state index in [0.29, 0.717) is 69.9 Å². The van der Waals surface area contributed by atoms with Crippen molar-refractivity contribution in [1.29, 1.82) is 0 Å². The maximum absolute atomic E-state index is 15.7. The van der Waals surface area contributed by atoms with Crippen molar-refractivity contribution in [3.05, 3.63) is 120 Å². The Morgan fingerprint density at radius 3 is 1.67 bits per heavy atom.